The molecule has 20 heavy (non-hydrogen) atoms. The van der Waals surface area contributed by atoms with Gasteiger partial charge in [-0.1, -0.05) is 20.3 Å². The van der Waals surface area contributed by atoms with Crippen LogP contribution in [0.15, 0.2) is 27.6 Å². The summed E-state index contributed by atoms with van der Waals surface area (Å²) in [6, 6.07) is 4.75. The number of rotatable bonds is 7. The quantitative estimate of drug-likeness (QED) is 0.753. The fourth-order valence-electron chi connectivity index (χ4n) is 1.90. The van der Waals surface area contributed by atoms with Gasteiger partial charge in [-0.15, -0.1) is 0 Å². The second kappa shape index (κ2) is 7.43. The van der Waals surface area contributed by atoms with Crippen LogP contribution in [-0.4, -0.2) is 25.3 Å². The molecule has 2 N–H and O–H groups in total. The lowest BCUT2D eigenvalue weighted by atomic mass is 10.2. The number of hydrogen-bond acceptors (Lipinski definition) is 3. The van der Waals surface area contributed by atoms with E-state index in [9.17, 15) is 8.42 Å². The van der Waals surface area contributed by atoms with Crippen molar-refractivity contribution in [1.29, 1.82) is 0 Å². The first-order chi connectivity index (χ1) is 9.34. The Balaban J connectivity index is 3.17. The van der Waals surface area contributed by atoms with Crippen LogP contribution in [0.1, 0.15) is 40.0 Å². The zero-order valence-electron chi connectivity index (χ0n) is 12.3. The fourth-order valence-corrected chi connectivity index (χ4v) is 4.20. The molecule has 0 bridgehead atoms. The normalized spacial score (nSPS) is 13.7. The van der Waals surface area contributed by atoms with Crippen molar-refractivity contribution in [2.24, 2.45) is 0 Å². The molecular weight excluding hydrogens is 340 g/mol. The number of anilines is 1. The second-order valence-electron chi connectivity index (χ2n) is 4.91. The summed E-state index contributed by atoms with van der Waals surface area (Å²) in [5, 5.41) is 0. The van der Waals surface area contributed by atoms with Crippen molar-refractivity contribution in [2.75, 3.05) is 12.3 Å². The van der Waals surface area contributed by atoms with E-state index in [0.29, 0.717) is 16.7 Å². The van der Waals surface area contributed by atoms with Gasteiger partial charge in [0.1, 0.15) is 0 Å². The predicted molar refractivity (Wildman–Crippen MR) is 87.1 cm³/mol. The van der Waals surface area contributed by atoms with Crippen molar-refractivity contribution in [3.63, 3.8) is 0 Å². The molecule has 0 aliphatic carbocycles. The van der Waals surface area contributed by atoms with E-state index in [0.717, 1.165) is 19.3 Å². The lowest BCUT2D eigenvalue weighted by molar-refractivity contribution is 0.324. The molecule has 0 heterocycles. The van der Waals surface area contributed by atoms with E-state index in [1.165, 1.54) is 0 Å². The van der Waals surface area contributed by atoms with Gasteiger partial charge in [0, 0.05) is 22.7 Å². The highest BCUT2D eigenvalue weighted by molar-refractivity contribution is 9.10. The van der Waals surface area contributed by atoms with Gasteiger partial charge in [-0.3, -0.25) is 0 Å². The van der Waals surface area contributed by atoms with E-state index < -0.39 is 10.0 Å². The SMILES string of the molecule is CCCCN(C(C)CC)S(=O)(=O)c1ccc(N)c(Br)c1. The minimum absolute atomic E-state index is 0.0112. The molecule has 1 aromatic rings. The lowest BCUT2D eigenvalue weighted by Crippen LogP contribution is -2.39. The summed E-state index contributed by atoms with van der Waals surface area (Å²) in [6.45, 7) is 6.55. The molecule has 114 valence electrons. The number of benzene rings is 1. The Hall–Kier alpha value is -0.590. The molecule has 0 radical (unpaired) electrons. The molecule has 0 amide bonds. The van der Waals surface area contributed by atoms with Crippen LogP contribution in [0.25, 0.3) is 0 Å². The number of sulfonamides is 1. The minimum Gasteiger partial charge on any atom is -0.398 e. The van der Waals surface area contributed by atoms with Crippen molar-refractivity contribution < 1.29 is 8.42 Å². The molecule has 6 heteroatoms. The summed E-state index contributed by atoms with van der Waals surface area (Å²) < 4.78 is 27.7. The highest BCUT2D eigenvalue weighted by atomic mass is 79.9. The Morgan fingerprint density at radius 2 is 2.00 bits per heavy atom. The highest BCUT2D eigenvalue weighted by Crippen LogP contribution is 2.26. The third kappa shape index (κ3) is 3.96. The van der Waals surface area contributed by atoms with Crippen LogP contribution >= 0.6 is 15.9 Å². The fraction of sp³-hybridized carbons (Fsp3) is 0.571. The van der Waals surface area contributed by atoms with Gasteiger partial charge in [-0.25, -0.2) is 8.42 Å². The zero-order chi connectivity index (χ0) is 15.3. The molecule has 0 fully saturated rings. The Morgan fingerprint density at radius 1 is 1.35 bits per heavy atom. The molecule has 1 rings (SSSR count). The van der Waals surface area contributed by atoms with Gasteiger partial charge in [0.05, 0.1) is 4.90 Å². The van der Waals surface area contributed by atoms with Crippen LogP contribution in [0.4, 0.5) is 5.69 Å². The Labute approximate surface area is 130 Å². The molecule has 0 aliphatic rings. The third-order valence-corrected chi connectivity index (χ3v) is 6.09. The highest BCUT2D eigenvalue weighted by Gasteiger charge is 2.28. The number of unbranched alkanes of at least 4 members (excludes halogenated alkanes) is 1. The molecule has 0 aliphatic heterocycles. The molecule has 1 atom stereocenters. The number of hydrogen-bond donors (Lipinski definition) is 1. The minimum atomic E-state index is -3.48. The van der Waals surface area contributed by atoms with Crippen LogP contribution in [0.3, 0.4) is 0 Å². The van der Waals surface area contributed by atoms with E-state index >= 15 is 0 Å². The Morgan fingerprint density at radius 3 is 2.50 bits per heavy atom. The van der Waals surface area contributed by atoms with Crippen molar-refractivity contribution in [3.05, 3.63) is 22.7 Å². The summed E-state index contributed by atoms with van der Waals surface area (Å²) in [5.74, 6) is 0. The van der Waals surface area contributed by atoms with E-state index in [1.54, 1.807) is 22.5 Å². The van der Waals surface area contributed by atoms with Crippen molar-refractivity contribution in [3.8, 4) is 0 Å². The summed E-state index contributed by atoms with van der Waals surface area (Å²) in [5.41, 5.74) is 6.25. The van der Waals surface area contributed by atoms with Crippen LogP contribution in [0.2, 0.25) is 0 Å². The average molecular weight is 363 g/mol. The summed E-state index contributed by atoms with van der Waals surface area (Å²) in [4.78, 5) is 0.287. The number of halogens is 1. The van der Waals surface area contributed by atoms with Gasteiger partial charge in [0.15, 0.2) is 0 Å². The third-order valence-electron chi connectivity index (χ3n) is 3.39. The smallest absolute Gasteiger partial charge is 0.243 e. The first-order valence-electron chi connectivity index (χ1n) is 6.91. The predicted octanol–water partition coefficient (Wildman–Crippen LogP) is 3.62. The van der Waals surface area contributed by atoms with Gasteiger partial charge in [-0.2, -0.15) is 4.31 Å². The van der Waals surface area contributed by atoms with E-state index in [-0.39, 0.29) is 10.9 Å². The van der Waals surface area contributed by atoms with E-state index in [2.05, 4.69) is 22.9 Å². The lowest BCUT2D eigenvalue weighted by Gasteiger charge is -2.27. The van der Waals surface area contributed by atoms with Crippen molar-refractivity contribution >= 4 is 31.6 Å². The molecule has 1 unspecified atom stereocenters. The molecule has 0 spiro atoms. The molecular formula is C14H23BrN2O2S. The standard InChI is InChI=1S/C14H23BrN2O2S/c1-4-6-9-17(11(3)5-2)20(18,19)12-7-8-14(16)13(15)10-12/h7-8,10-11H,4-6,9,16H2,1-3H3. The molecule has 4 nitrogen and oxygen atoms in total. The summed E-state index contributed by atoms with van der Waals surface area (Å²) >= 11 is 3.29. The van der Waals surface area contributed by atoms with Crippen LogP contribution in [-0.2, 0) is 10.0 Å². The largest absolute Gasteiger partial charge is 0.398 e. The number of nitrogens with zero attached hydrogens (tertiary/aromatic N) is 1. The summed E-state index contributed by atoms with van der Waals surface area (Å²) in [7, 11) is -3.48. The van der Waals surface area contributed by atoms with Gasteiger partial charge in [-0.05, 0) is 53.9 Å². The summed E-state index contributed by atoms with van der Waals surface area (Å²) in [6.07, 6.45) is 2.62. The van der Waals surface area contributed by atoms with Crippen molar-refractivity contribution in [2.45, 2.75) is 51.0 Å². The average Bonchev–Trinajstić information content (AvgIpc) is 2.41. The number of nitrogen functional groups attached to an aromatic ring is 1. The molecule has 0 aromatic heterocycles. The van der Waals surface area contributed by atoms with Crippen LogP contribution in [0, 0.1) is 0 Å². The number of nitrogens with two attached hydrogens (primary N) is 1. The second-order valence-corrected chi connectivity index (χ2v) is 7.65. The maximum Gasteiger partial charge on any atom is 0.243 e. The topological polar surface area (TPSA) is 63.4 Å². The monoisotopic (exact) mass is 362 g/mol. The van der Waals surface area contributed by atoms with Crippen LogP contribution in [0.5, 0.6) is 0 Å². The zero-order valence-corrected chi connectivity index (χ0v) is 14.7. The molecule has 0 saturated carbocycles. The van der Waals surface area contributed by atoms with Gasteiger partial charge < -0.3 is 5.73 Å². The van der Waals surface area contributed by atoms with Crippen molar-refractivity contribution in [1.82, 2.24) is 4.31 Å². The van der Waals surface area contributed by atoms with Crippen LogP contribution < -0.4 is 5.73 Å². The van der Waals surface area contributed by atoms with Gasteiger partial charge >= 0.3 is 0 Å². The van der Waals surface area contributed by atoms with Gasteiger partial charge in [0.2, 0.25) is 10.0 Å². The maximum atomic E-state index is 12.8. The Kier molecular flexibility index (Phi) is 6.48. The Bertz CT molecular complexity index is 546. The van der Waals surface area contributed by atoms with E-state index in [1.807, 2.05) is 13.8 Å². The molecule has 1 aromatic carbocycles. The first kappa shape index (κ1) is 17.5. The first-order valence-corrected chi connectivity index (χ1v) is 9.14. The van der Waals surface area contributed by atoms with E-state index in [4.69, 9.17) is 5.73 Å². The molecule has 0 saturated heterocycles. The van der Waals surface area contributed by atoms with Gasteiger partial charge in [0.25, 0.3) is 0 Å². The maximum absolute atomic E-state index is 12.8.